The number of hydrogen-bond acceptors (Lipinski definition) is 3. The Labute approximate surface area is 134 Å². The molecule has 0 saturated carbocycles. The van der Waals surface area contributed by atoms with Gasteiger partial charge in [-0.2, -0.15) is 5.10 Å². The fourth-order valence-electron chi connectivity index (χ4n) is 2.96. The molecule has 0 saturated heterocycles. The van der Waals surface area contributed by atoms with Crippen LogP contribution in [0.5, 0.6) is 0 Å². The predicted octanol–water partition coefficient (Wildman–Crippen LogP) is 3.49. The number of H-pyrrole nitrogens is 1. The summed E-state index contributed by atoms with van der Waals surface area (Å²) in [5.74, 6) is 0. The Morgan fingerprint density at radius 3 is 2.70 bits per heavy atom. The summed E-state index contributed by atoms with van der Waals surface area (Å²) >= 11 is 0. The molecular weight excluding hydrogens is 286 g/mol. The standard InChI is InChI=1S/C18H17N5/c1-12-5-13(2)7-14(6-12)10-23-11-18(21-22-23)15-3-4-17-16(8-15)9-19-20-17/h3-9,11H,10H2,1-2H3,(H,19,20). The minimum Gasteiger partial charge on any atom is -0.278 e. The minimum atomic E-state index is 0.726. The van der Waals surface area contributed by atoms with Gasteiger partial charge >= 0.3 is 0 Å². The van der Waals surface area contributed by atoms with Crippen LogP contribution in [0.1, 0.15) is 16.7 Å². The fraction of sp³-hybridized carbons (Fsp3) is 0.167. The van der Waals surface area contributed by atoms with E-state index in [2.05, 4.69) is 58.6 Å². The lowest BCUT2D eigenvalue weighted by Gasteiger charge is -2.04. The smallest absolute Gasteiger partial charge is 0.113 e. The largest absolute Gasteiger partial charge is 0.278 e. The summed E-state index contributed by atoms with van der Waals surface area (Å²) in [5, 5.41) is 16.6. The molecule has 0 bridgehead atoms. The normalized spacial score (nSPS) is 11.2. The fourth-order valence-corrected chi connectivity index (χ4v) is 2.96. The number of nitrogens with one attached hydrogen (secondary N) is 1. The molecule has 2 aromatic heterocycles. The van der Waals surface area contributed by atoms with Crippen molar-refractivity contribution in [3.63, 3.8) is 0 Å². The van der Waals surface area contributed by atoms with E-state index in [0.29, 0.717) is 0 Å². The number of nitrogens with zero attached hydrogens (tertiary/aromatic N) is 4. The van der Waals surface area contributed by atoms with Gasteiger partial charge in [0.05, 0.1) is 24.5 Å². The van der Waals surface area contributed by atoms with Crippen LogP contribution in [0, 0.1) is 13.8 Å². The van der Waals surface area contributed by atoms with Crippen LogP contribution < -0.4 is 0 Å². The molecule has 0 aliphatic heterocycles. The Bertz CT molecular complexity index is 960. The summed E-state index contributed by atoms with van der Waals surface area (Å²) in [7, 11) is 0. The van der Waals surface area contributed by atoms with Gasteiger partial charge in [0.2, 0.25) is 0 Å². The number of aromatic nitrogens is 5. The van der Waals surface area contributed by atoms with E-state index < -0.39 is 0 Å². The van der Waals surface area contributed by atoms with Crippen molar-refractivity contribution in [1.29, 1.82) is 0 Å². The maximum atomic E-state index is 4.30. The van der Waals surface area contributed by atoms with Crippen LogP contribution >= 0.6 is 0 Å². The number of hydrogen-bond donors (Lipinski definition) is 1. The molecule has 0 spiro atoms. The first-order valence-electron chi connectivity index (χ1n) is 7.58. The van der Waals surface area contributed by atoms with Crippen LogP contribution in [0.3, 0.4) is 0 Å². The zero-order chi connectivity index (χ0) is 15.8. The summed E-state index contributed by atoms with van der Waals surface area (Å²) in [5.41, 5.74) is 6.72. The Kier molecular flexibility index (Phi) is 3.19. The molecule has 114 valence electrons. The molecule has 23 heavy (non-hydrogen) atoms. The van der Waals surface area contributed by atoms with E-state index in [-0.39, 0.29) is 0 Å². The van der Waals surface area contributed by atoms with Crippen LogP contribution in [0.4, 0.5) is 0 Å². The first-order chi connectivity index (χ1) is 11.2. The molecule has 5 heteroatoms. The maximum Gasteiger partial charge on any atom is 0.113 e. The van der Waals surface area contributed by atoms with E-state index in [1.807, 2.05) is 29.2 Å². The Morgan fingerprint density at radius 2 is 1.87 bits per heavy atom. The number of aromatic amines is 1. The molecular formula is C18H17N5. The third-order valence-corrected chi connectivity index (χ3v) is 3.90. The van der Waals surface area contributed by atoms with Crippen molar-refractivity contribution < 1.29 is 0 Å². The van der Waals surface area contributed by atoms with Crippen LogP contribution in [0.2, 0.25) is 0 Å². The first-order valence-corrected chi connectivity index (χ1v) is 7.58. The summed E-state index contributed by atoms with van der Waals surface area (Å²) in [6, 6.07) is 12.7. The van der Waals surface area contributed by atoms with Crippen LogP contribution in [0.15, 0.2) is 48.8 Å². The minimum absolute atomic E-state index is 0.726. The van der Waals surface area contributed by atoms with E-state index in [1.54, 1.807) is 0 Å². The Hall–Kier alpha value is -2.95. The molecule has 0 amide bonds. The third kappa shape index (κ3) is 2.73. The third-order valence-electron chi connectivity index (χ3n) is 3.90. The van der Waals surface area contributed by atoms with E-state index in [4.69, 9.17) is 0 Å². The first kappa shape index (κ1) is 13.7. The second-order valence-electron chi connectivity index (χ2n) is 5.97. The average molecular weight is 303 g/mol. The molecule has 4 rings (SSSR count). The van der Waals surface area contributed by atoms with E-state index in [1.165, 1.54) is 16.7 Å². The highest BCUT2D eigenvalue weighted by Crippen LogP contribution is 2.21. The second-order valence-corrected chi connectivity index (χ2v) is 5.97. The summed E-state index contributed by atoms with van der Waals surface area (Å²) < 4.78 is 1.88. The molecule has 0 aliphatic carbocycles. The molecule has 2 aromatic carbocycles. The van der Waals surface area contributed by atoms with Crippen LogP contribution in [0.25, 0.3) is 22.2 Å². The molecule has 0 aliphatic rings. The molecule has 0 radical (unpaired) electrons. The van der Waals surface area contributed by atoms with Crippen molar-refractivity contribution in [3.8, 4) is 11.3 Å². The van der Waals surface area contributed by atoms with Crippen LogP contribution in [-0.4, -0.2) is 25.2 Å². The van der Waals surface area contributed by atoms with Gasteiger partial charge in [-0.3, -0.25) is 5.10 Å². The van der Waals surface area contributed by atoms with E-state index in [0.717, 1.165) is 28.7 Å². The van der Waals surface area contributed by atoms with Gasteiger partial charge in [-0.05, 0) is 31.5 Å². The lowest BCUT2D eigenvalue weighted by atomic mass is 10.1. The molecule has 1 N–H and O–H groups in total. The quantitative estimate of drug-likeness (QED) is 0.630. The molecule has 2 heterocycles. The summed E-state index contributed by atoms with van der Waals surface area (Å²) in [6.07, 6.45) is 3.80. The predicted molar refractivity (Wildman–Crippen MR) is 90.1 cm³/mol. The molecule has 0 atom stereocenters. The second kappa shape index (κ2) is 5.35. The van der Waals surface area contributed by atoms with Gasteiger partial charge in [0, 0.05) is 10.9 Å². The molecule has 5 nitrogen and oxygen atoms in total. The maximum absolute atomic E-state index is 4.30. The highest BCUT2D eigenvalue weighted by Gasteiger charge is 2.06. The molecule has 4 aromatic rings. The van der Waals surface area contributed by atoms with Crippen LogP contribution in [-0.2, 0) is 6.54 Å². The van der Waals surface area contributed by atoms with Gasteiger partial charge < -0.3 is 0 Å². The van der Waals surface area contributed by atoms with Gasteiger partial charge in [0.1, 0.15) is 5.69 Å². The topological polar surface area (TPSA) is 59.4 Å². The lowest BCUT2D eigenvalue weighted by molar-refractivity contribution is 0.649. The van der Waals surface area contributed by atoms with Gasteiger partial charge in [-0.25, -0.2) is 4.68 Å². The highest BCUT2D eigenvalue weighted by molar-refractivity contribution is 5.83. The van der Waals surface area contributed by atoms with Crippen molar-refractivity contribution in [2.45, 2.75) is 20.4 Å². The molecule has 0 unspecified atom stereocenters. The summed E-state index contributed by atoms with van der Waals surface area (Å²) in [4.78, 5) is 0. The van der Waals surface area contributed by atoms with E-state index in [9.17, 15) is 0 Å². The van der Waals surface area contributed by atoms with Crippen molar-refractivity contribution >= 4 is 10.9 Å². The van der Waals surface area contributed by atoms with Crippen molar-refractivity contribution in [2.24, 2.45) is 0 Å². The van der Waals surface area contributed by atoms with Gasteiger partial charge in [0.15, 0.2) is 0 Å². The van der Waals surface area contributed by atoms with Crippen molar-refractivity contribution in [1.82, 2.24) is 25.2 Å². The number of fused-ring (bicyclic) bond motifs is 1. The number of aryl methyl sites for hydroxylation is 2. The summed E-state index contributed by atoms with van der Waals surface area (Å²) in [6.45, 7) is 4.95. The highest BCUT2D eigenvalue weighted by atomic mass is 15.4. The SMILES string of the molecule is Cc1cc(C)cc(Cn2cc(-c3ccc4[nH]ncc4c3)nn2)c1. The van der Waals surface area contributed by atoms with Gasteiger partial charge in [-0.15, -0.1) is 5.10 Å². The molecule has 0 fully saturated rings. The van der Waals surface area contributed by atoms with Gasteiger partial charge in [0.25, 0.3) is 0 Å². The Morgan fingerprint density at radius 1 is 1.04 bits per heavy atom. The van der Waals surface area contributed by atoms with E-state index >= 15 is 0 Å². The monoisotopic (exact) mass is 303 g/mol. The number of rotatable bonds is 3. The zero-order valence-corrected chi connectivity index (χ0v) is 13.1. The average Bonchev–Trinajstić information content (AvgIpc) is 3.14. The van der Waals surface area contributed by atoms with Crippen molar-refractivity contribution in [3.05, 3.63) is 65.5 Å². The van der Waals surface area contributed by atoms with Gasteiger partial charge in [-0.1, -0.05) is 40.6 Å². The Balaban J connectivity index is 1.63. The zero-order valence-electron chi connectivity index (χ0n) is 13.1. The number of benzene rings is 2. The lowest BCUT2D eigenvalue weighted by Crippen LogP contribution is -2.01. The van der Waals surface area contributed by atoms with Crippen molar-refractivity contribution in [2.75, 3.05) is 0 Å².